The van der Waals surface area contributed by atoms with Gasteiger partial charge in [-0.1, -0.05) is 13.0 Å². The van der Waals surface area contributed by atoms with Gasteiger partial charge >= 0.3 is 12.0 Å². The highest BCUT2D eigenvalue weighted by atomic mass is 16.4. The SMILES string of the molecule is C=CCN(CC(=O)O)C(=O)N1CC(=O)NC(=O)C1CC. The third-order valence-electron chi connectivity index (χ3n) is 2.83. The van der Waals surface area contributed by atoms with E-state index in [9.17, 15) is 19.2 Å². The summed E-state index contributed by atoms with van der Waals surface area (Å²) in [6, 6.07) is -1.44. The van der Waals surface area contributed by atoms with E-state index in [1.165, 1.54) is 6.08 Å². The topological polar surface area (TPSA) is 107 Å². The van der Waals surface area contributed by atoms with E-state index in [0.717, 1.165) is 9.80 Å². The Labute approximate surface area is 116 Å². The van der Waals surface area contributed by atoms with Crippen LogP contribution in [-0.4, -0.2) is 64.4 Å². The number of piperazine rings is 1. The number of aliphatic carboxylic acids is 1. The molecule has 0 bridgehead atoms. The van der Waals surface area contributed by atoms with Crippen molar-refractivity contribution in [2.45, 2.75) is 19.4 Å². The van der Waals surface area contributed by atoms with Crippen molar-refractivity contribution in [3.63, 3.8) is 0 Å². The largest absolute Gasteiger partial charge is 0.480 e. The minimum Gasteiger partial charge on any atom is -0.480 e. The van der Waals surface area contributed by atoms with E-state index in [4.69, 9.17) is 5.11 Å². The molecule has 1 unspecified atom stereocenters. The third-order valence-corrected chi connectivity index (χ3v) is 2.83. The molecule has 0 saturated carbocycles. The summed E-state index contributed by atoms with van der Waals surface area (Å²) in [5.74, 6) is -2.31. The number of nitrogens with zero attached hydrogens (tertiary/aromatic N) is 2. The Kier molecular flexibility index (Phi) is 5.24. The normalized spacial score (nSPS) is 18.4. The second-order valence-corrected chi connectivity index (χ2v) is 4.31. The van der Waals surface area contributed by atoms with Gasteiger partial charge in [0.2, 0.25) is 11.8 Å². The fourth-order valence-electron chi connectivity index (χ4n) is 1.98. The third kappa shape index (κ3) is 3.56. The zero-order valence-corrected chi connectivity index (χ0v) is 11.2. The number of carbonyl (C=O) groups excluding carboxylic acids is 3. The minimum atomic E-state index is -1.18. The van der Waals surface area contributed by atoms with Crippen LogP contribution in [-0.2, 0) is 14.4 Å². The maximum absolute atomic E-state index is 12.3. The molecule has 1 rings (SSSR count). The molecule has 0 aromatic heterocycles. The quantitative estimate of drug-likeness (QED) is 0.518. The van der Waals surface area contributed by atoms with Crippen LogP contribution >= 0.6 is 0 Å². The Bertz CT molecular complexity index is 448. The van der Waals surface area contributed by atoms with Gasteiger partial charge in [-0.15, -0.1) is 6.58 Å². The molecule has 0 radical (unpaired) electrons. The number of rotatable bonds is 5. The van der Waals surface area contributed by atoms with E-state index in [2.05, 4.69) is 11.9 Å². The van der Waals surface area contributed by atoms with Gasteiger partial charge in [0.1, 0.15) is 19.1 Å². The van der Waals surface area contributed by atoms with E-state index in [0.29, 0.717) is 6.42 Å². The lowest BCUT2D eigenvalue weighted by molar-refractivity contribution is -0.138. The highest BCUT2D eigenvalue weighted by Gasteiger charge is 2.37. The number of hydrogen-bond acceptors (Lipinski definition) is 4. The van der Waals surface area contributed by atoms with Crippen molar-refractivity contribution in [1.82, 2.24) is 15.1 Å². The summed E-state index contributed by atoms with van der Waals surface area (Å²) in [6.07, 6.45) is 1.72. The Morgan fingerprint density at radius 1 is 1.55 bits per heavy atom. The number of amides is 4. The summed E-state index contributed by atoms with van der Waals surface area (Å²) < 4.78 is 0. The molecule has 1 atom stereocenters. The maximum atomic E-state index is 12.3. The molecule has 1 aliphatic rings. The first-order valence-electron chi connectivity index (χ1n) is 6.12. The Morgan fingerprint density at radius 2 is 2.20 bits per heavy atom. The minimum absolute atomic E-state index is 0.0217. The van der Waals surface area contributed by atoms with Crippen molar-refractivity contribution in [1.29, 1.82) is 0 Å². The second-order valence-electron chi connectivity index (χ2n) is 4.31. The number of carboxylic acid groups (broad SMARTS) is 1. The summed E-state index contributed by atoms with van der Waals surface area (Å²) in [5.41, 5.74) is 0. The second kappa shape index (κ2) is 6.69. The first-order valence-corrected chi connectivity index (χ1v) is 6.12. The van der Waals surface area contributed by atoms with Crippen molar-refractivity contribution >= 4 is 23.8 Å². The number of nitrogens with one attached hydrogen (secondary N) is 1. The van der Waals surface area contributed by atoms with Gasteiger partial charge < -0.3 is 14.9 Å². The standard InChI is InChI=1S/C12H17N3O5/c1-3-5-14(7-10(17)18)12(20)15-6-9(16)13-11(19)8(15)4-2/h3,8H,1,4-7H2,2H3,(H,17,18)(H,13,16,19). The van der Waals surface area contributed by atoms with Crippen LogP contribution < -0.4 is 5.32 Å². The van der Waals surface area contributed by atoms with Gasteiger partial charge in [-0.2, -0.15) is 0 Å². The van der Waals surface area contributed by atoms with Crippen LogP contribution in [0, 0.1) is 0 Å². The smallest absolute Gasteiger partial charge is 0.323 e. The van der Waals surface area contributed by atoms with Crippen LogP contribution in [0.2, 0.25) is 0 Å². The van der Waals surface area contributed by atoms with Crippen LogP contribution in [0.4, 0.5) is 4.79 Å². The molecular weight excluding hydrogens is 266 g/mol. The molecule has 0 aromatic rings. The van der Waals surface area contributed by atoms with E-state index >= 15 is 0 Å². The molecule has 1 aliphatic heterocycles. The van der Waals surface area contributed by atoms with Crippen molar-refractivity contribution < 1.29 is 24.3 Å². The molecule has 110 valence electrons. The fourth-order valence-corrected chi connectivity index (χ4v) is 1.98. The molecule has 1 fully saturated rings. The molecule has 1 saturated heterocycles. The van der Waals surface area contributed by atoms with Gasteiger partial charge in [0, 0.05) is 6.54 Å². The average Bonchev–Trinajstić information content (AvgIpc) is 2.36. The molecule has 1 heterocycles. The Hall–Kier alpha value is -2.38. The molecule has 8 heteroatoms. The summed E-state index contributed by atoms with van der Waals surface area (Å²) >= 11 is 0. The monoisotopic (exact) mass is 283 g/mol. The van der Waals surface area contributed by atoms with Crippen LogP contribution in [0.15, 0.2) is 12.7 Å². The average molecular weight is 283 g/mol. The van der Waals surface area contributed by atoms with Crippen LogP contribution in [0.1, 0.15) is 13.3 Å². The fraction of sp³-hybridized carbons (Fsp3) is 0.500. The van der Waals surface area contributed by atoms with Gasteiger partial charge in [0.05, 0.1) is 0 Å². The molecule has 0 aromatic carbocycles. The number of carbonyl (C=O) groups is 4. The first-order chi connectivity index (χ1) is 9.40. The molecule has 8 nitrogen and oxygen atoms in total. The number of hydrogen-bond donors (Lipinski definition) is 2. The van der Waals surface area contributed by atoms with Crippen molar-refractivity contribution in [3.05, 3.63) is 12.7 Å². The highest BCUT2D eigenvalue weighted by molar-refractivity contribution is 6.04. The summed E-state index contributed by atoms with van der Waals surface area (Å²) in [6.45, 7) is 4.39. The molecule has 0 aliphatic carbocycles. The number of imide groups is 1. The summed E-state index contributed by atoms with van der Waals surface area (Å²) in [5, 5.41) is 10.9. The molecule has 0 spiro atoms. The van der Waals surface area contributed by atoms with Crippen molar-refractivity contribution in [2.75, 3.05) is 19.6 Å². The van der Waals surface area contributed by atoms with Gasteiger partial charge in [0.25, 0.3) is 0 Å². The molecular formula is C12H17N3O5. The Balaban J connectivity index is 2.94. The zero-order chi connectivity index (χ0) is 15.3. The van der Waals surface area contributed by atoms with Gasteiger partial charge in [0.15, 0.2) is 0 Å². The highest BCUT2D eigenvalue weighted by Crippen LogP contribution is 2.12. The molecule has 2 N–H and O–H groups in total. The van der Waals surface area contributed by atoms with Gasteiger partial charge in [-0.3, -0.25) is 19.7 Å². The van der Waals surface area contributed by atoms with E-state index < -0.39 is 36.4 Å². The Morgan fingerprint density at radius 3 is 2.70 bits per heavy atom. The van der Waals surface area contributed by atoms with Crippen LogP contribution in [0.5, 0.6) is 0 Å². The van der Waals surface area contributed by atoms with E-state index in [1.807, 2.05) is 0 Å². The lowest BCUT2D eigenvalue weighted by Crippen LogP contribution is -2.62. The van der Waals surface area contributed by atoms with Gasteiger partial charge in [-0.05, 0) is 6.42 Å². The zero-order valence-electron chi connectivity index (χ0n) is 11.2. The predicted molar refractivity (Wildman–Crippen MR) is 68.7 cm³/mol. The van der Waals surface area contributed by atoms with Crippen molar-refractivity contribution in [3.8, 4) is 0 Å². The number of urea groups is 1. The predicted octanol–water partition coefficient (Wildman–Crippen LogP) is -0.584. The maximum Gasteiger partial charge on any atom is 0.323 e. The summed E-state index contributed by atoms with van der Waals surface area (Å²) in [7, 11) is 0. The van der Waals surface area contributed by atoms with Crippen LogP contribution in [0.3, 0.4) is 0 Å². The van der Waals surface area contributed by atoms with E-state index in [-0.39, 0.29) is 13.1 Å². The first kappa shape index (κ1) is 15.7. The van der Waals surface area contributed by atoms with E-state index in [1.54, 1.807) is 6.92 Å². The van der Waals surface area contributed by atoms with Crippen molar-refractivity contribution in [2.24, 2.45) is 0 Å². The van der Waals surface area contributed by atoms with Gasteiger partial charge in [-0.25, -0.2) is 4.79 Å². The summed E-state index contributed by atoms with van der Waals surface area (Å²) in [4.78, 5) is 48.2. The molecule has 20 heavy (non-hydrogen) atoms. The lowest BCUT2D eigenvalue weighted by atomic mass is 10.1. The number of carboxylic acids is 1. The molecule has 4 amide bonds. The van der Waals surface area contributed by atoms with Crippen LogP contribution in [0.25, 0.3) is 0 Å². The lowest BCUT2D eigenvalue weighted by Gasteiger charge is -2.36.